The minimum Gasteiger partial charge on any atom is -0.463 e. The SMILES string of the molecule is CC(=O)CCC(=O)OC[C@H]1O[C@@H](n2cc(COCCCCCCc3ccc4ccc5cccc6ccc3c4c56)c(=O)[nH]c2=O)C[C@@H]1OC(=O)CCC(C)=O. The van der Waals surface area contributed by atoms with Crippen molar-refractivity contribution in [3.8, 4) is 0 Å². The topological polar surface area (TPSA) is 160 Å². The van der Waals surface area contributed by atoms with Crippen LogP contribution < -0.4 is 11.2 Å². The van der Waals surface area contributed by atoms with E-state index in [1.165, 1.54) is 62.5 Å². The molecule has 0 spiro atoms. The van der Waals surface area contributed by atoms with Gasteiger partial charge in [0.25, 0.3) is 5.56 Å². The molecule has 1 aromatic heterocycles. The summed E-state index contributed by atoms with van der Waals surface area (Å²) in [4.78, 5) is 75.1. The molecular formula is C42H46N2O10. The molecule has 0 radical (unpaired) electrons. The number of nitrogens with zero attached hydrogens (tertiary/aromatic N) is 1. The van der Waals surface area contributed by atoms with Crippen molar-refractivity contribution in [2.24, 2.45) is 0 Å². The fourth-order valence-corrected chi connectivity index (χ4v) is 7.09. The Morgan fingerprint density at radius 1 is 0.778 bits per heavy atom. The Morgan fingerprint density at radius 2 is 1.44 bits per heavy atom. The second-order valence-electron chi connectivity index (χ2n) is 14.1. The van der Waals surface area contributed by atoms with Crippen molar-refractivity contribution < 1.29 is 38.1 Å². The summed E-state index contributed by atoms with van der Waals surface area (Å²) < 4.78 is 23.9. The van der Waals surface area contributed by atoms with Crippen LogP contribution in [0.5, 0.6) is 0 Å². The van der Waals surface area contributed by atoms with Gasteiger partial charge in [0.2, 0.25) is 0 Å². The van der Waals surface area contributed by atoms with E-state index < -0.39 is 41.6 Å². The van der Waals surface area contributed by atoms with E-state index in [-0.39, 0.29) is 62.4 Å². The smallest absolute Gasteiger partial charge is 0.330 e. The van der Waals surface area contributed by atoms with Crippen LogP contribution >= 0.6 is 0 Å². The number of aromatic nitrogens is 2. The van der Waals surface area contributed by atoms with Gasteiger partial charge in [-0.15, -0.1) is 0 Å². The van der Waals surface area contributed by atoms with Crippen LogP contribution in [0.3, 0.4) is 0 Å². The molecule has 12 nitrogen and oxygen atoms in total. The Labute approximate surface area is 312 Å². The van der Waals surface area contributed by atoms with Crippen molar-refractivity contribution in [1.82, 2.24) is 9.55 Å². The number of aromatic amines is 1. The number of unbranched alkanes of at least 4 members (excludes halogenated alkanes) is 3. The molecule has 12 heteroatoms. The van der Waals surface area contributed by atoms with Crippen molar-refractivity contribution in [3.63, 3.8) is 0 Å². The van der Waals surface area contributed by atoms with E-state index in [4.69, 9.17) is 18.9 Å². The van der Waals surface area contributed by atoms with Crippen molar-refractivity contribution in [2.75, 3.05) is 13.2 Å². The average Bonchev–Trinajstić information content (AvgIpc) is 3.55. The van der Waals surface area contributed by atoms with Gasteiger partial charge in [-0.25, -0.2) is 4.79 Å². The monoisotopic (exact) mass is 738 g/mol. The molecule has 6 rings (SSSR count). The second-order valence-corrected chi connectivity index (χ2v) is 14.1. The molecule has 3 atom stereocenters. The summed E-state index contributed by atoms with van der Waals surface area (Å²) >= 11 is 0. The highest BCUT2D eigenvalue weighted by Crippen LogP contribution is 2.36. The third-order valence-corrected chi connectivity index (χ3v) is 9.95. The molecule has 0 bridgehead atoms. The number of aryl methyl sites for hydroxylation is 1. The summed E-state index contributed by atoms with van der Waals surface area (Å²) in [6.07, 6.45) is 3.24. The Balaban J connectivity index is 0.997. The minimum absolute atomic E-state index is 0.00567. The second kappa shape index (κ2) is 17.7. The molecular weight excluding hydrogens is 692 g/mol. The number of esters is 2. The zero-order chi connectivity index (χ0) is 38.2. The summed E-state index contributed by atoms with van der Waals surface area (Å²) in [5.74, 6) is -1.59. The van der Waals surface area contributed by atoms with E-state index >= 15 is 0 Å². The van der Waals surface area contributed by atoms with Crippen molar-refractivity contribution in [1.29, 1.82) is 0 Å². The van der Waals surface area contributed by atoms with Crippen LogP contribution in [0.2, 0.25) is 0 Å². The zero-order valence-electron chi connectivity index (χ0n) is 30.7. The van der Waals surface area contributed by atoms with Crippen LogP contribution in [0, 0.1) is 0 Å². The zero-order valence-corrected chi connectivity index (χ0v) is 30.7. The number of hydrogen-bond acceptors (Lipinski definition) is 10. The maximum Gasteiger partial charge on any atom is 0.330 e. The van der Waals surface area contributed by atoms with Crippen molar-refractivity contribution in [2.45, 2.75) is 103 Å². The molecule has 0 saturated carbocycles. The Kier molecular flexibility index (Phi) is 12.7. The van der Waals surface area contributed by atoms with Gasteiger partial charge >= 0.3 is 17.6 Å². The van der Waals surface area contributed by atoms with E-state index in [1.54, 1.807) is 0 Å². The first-order chi connectivity index (χ1) is 26.1. The van der Waals surface area contributed by atoms with Gasteiger partial charge in [0.1, 0.15) is 36.6 Å². The van der Waals surface area contributed by atoms with E-state index in [9.17, 15) is 28.8 Å². The lowest BCUT2D eigenvalue weighted by molar-refractivity contribution is -0.159. The van der Waals surface area contributed by atoms with Crippen LogP contribution in [-0.2, 0) is 51.2 Å². The largest absolute Gasteiger partial charge is 0.463 e. The third kappa shape index (κ3) is 9.47. The first-order valence-electron chi connectivity index (χ1n) is 18.6. The number of Topliss-reactive ketones (excluding diaryl/α,β-unsaturated/α-hetero) is 2. The van der Waals surface area contributed by atoms with Crippen LogP contribution in [0.4, 0.5) is 0 Å². The minimum atomic E-state index is -0.951. The molecule has 1 aliphatic rings. The lowest BCUT2D eigenvalue weighted by Gasteiger charge is -2.19. The van der Waals surface area contributed by atoms with E-state index in [0.29, 0.717) is 6.61 Å². The predicted octanol–water partition coefficient (Wildman–Crippen LogP) is 6.23. The summed E-state index contributed by atoms with van der Waals surface area (Å²) in [6, 6.07) is 19.8. The standard InChI is InChI=1S/C42H46N2O10/c1-26(45)11-19-37(47)52-25-35-34(54-38(48)20-12-27(2)46)22-36(53-35)44-23-32(41(49)43-42(44)50)24-51-21-6-4-3-5-8-28-13-14-31-16-15-29-9-7-10-30-17-18-33(28)40(31)39(29)30/h7,9-10,13-18,23,34-36H,3-6,8,11-12,19-22,24-25H2,1-2H3,(H,43,49,50)/t34-,35+,36+/m0/s1. The quantitative estimate of drug-likeness (QED) is 0.0584. The summed E-state index contributed by atoms with van der Waals surface area (Å²) in [7, 11) is 0. The normalized spacial score (nSPS) is 17.0. The summed E-state index contributed by atoms with van der Waals surface area (Å²) in [5, 5.41) is 7.76. The number of H-pyrrole nitrogens is 1. The Hall–Kier alpha value is -5.20. The number of rotatable bonds is 19. The van der Waals surface area contributed by atoms with Gasteiger partial charge in [-0.2, -0.15) is 0 Å². The van der Waals surface area contributed by atoms with Crippen LogP contribution in [-0.4, -0.2) is 58.5 Å². The molecule has 2 heterocycles. The van der Waals surface area contributed by atoms with E-state index in [1.807, 2.05) is 0 Å². The van der Waals surface area contributed by atoms with Gasteiger partial charge in [-0.1, -0.05) is 67.4 Å². The number of benzene rings is 4. The molecule has 1 aliphatic heterocycles. The van der Waals surface area contributed by atoms with E-state index in [2.05, 4.69) is 59.6 Å². The number of hydrogen-bond donors (Lipinski definition) is 1. The van der Waals surface area contributed by atoms with Gasteiger partial charge < -0.3 is 28.5 Å². The average molecular weight is 739 g/mol. The van der Waals surface area contributed by atoms with Crippen LogP contribution in [0.1, 0.15) is 89.0 Å². The number of nitrogens with one attached hydrogen (secondary N) is 1. The van der Waals surface area contributed by atoms with Crippen molar-refractivity contribution in [3.05, 3.63) is 92.8 Å². The van der Waals surface area contributed by atoms with Gasteiger partial charge in [-0.05, 0) is 71.0 Å². The maximum absolute atomic E-state index is 12.9. The first-order valence-corrected chi connectivity index (χ1v) is 18.6. The number of carbonyl (C=O) groups excluding carboxylic acids is 4. The Bertz CT molecular complexity index is 2240. The first kappa shape index (κ1) is 38.5. The van der Waals surface area contributed by atoms with Crippen LogP contribution in [0.25, 0.3) is 32.3 Å². The lowest BCUT2D eigenvalue weighted by atomic mass is 9.90. The summed E-state index contributed by atoms with van der Waals surface area (Å²) in [5.41, 5.74) is 0.276. The van der Waals surface area contributed by atoms with Gasteiger partial charge in [0.15, 0.2) is 0 Å². The molecule has 0 amide bonds. The fraction of sp³-hybridized carbons (Fsp3) is 0.429. The number of carbonyl (C=O) groups is 4. The Morgan fingerprint density at radius 3 is 2.19 bits per heavy atom. The third-order valence-electron chi connectivity index (χ3n) is 9.95. The molecule has 54 heavy (non-hydrogen) atoms. The number of ether oxygens (including phenoxy) is 4. The van der Waals surface area contributed by atoms with Gasteiger partial charge in [0, 0.05) is 32.1 Å². The molecule has 4 aromatic carbocycles. The van der Waals surface area contributed by atoms with E-state index in [0.717, 1.165) is 32.1 Å². The molecule has 0 unspecified atom stereocenters. The van der Waals surface area contributed by atoms with Gasteiger partial charge in [0.05, 0.1) is 25.0 Å². The molecule has 0 aliphatic carbocycles. The molecule has 5 aromatic rings. The highest BCUT2D eigenvalue weighted by Gasteiger charge is 2.40. The van der Waals surface area contributed by atoms with Crippen molar-refractivity contribution >= 4 is 55.8 Å². The maximum atomic E-state index is 12.9. The molecule has 1 N–H and O–H groups in total. The highest BCUT2D eigenvalue weighted by atomic mass is 16.6. The summed E-state index contributed by atoms with van der Waals surface area (Å²) in [6.45, 7) is 2.86. The van der Waals surface area contributed by atoms with Crippen LogP contribution in [0.15, 0.2) is 70.4 Å². The molecule has 1 saturated heterocycles. The molecule has 1 fully saturated rings. The molecule has 284 valence electrons. The van der Waals surface area contributed by atoms with Gasteiger partial charge in [-0.3, -0.25) is 23.9 Å². The lowest BCUT2D eigenvalue weighted by Crippen LogP contribution is -2.34. The highest BCUT2D eigenvalue weighted by molar-refractivity contribution is 6.23. The predicted molar refractivity (Wildman–Crippen MR) is 202 cm³/mol. The fourth-order valence-electron chi connectivity index (χ4n) is 7.09. The number of ketones is 2.